The van der Waals surface area contributed by atoms with Crippen LogP contribution in [0.4, 0.5) is 0 Å². The van der Waals surface area contributed by atoms with Crippen molar-refractivity contribution in [3.63, 3.8) is 0 Å². The second-order valence-electron chi connectivity index (χ2n) is 6.90. The Morgan fingerprint density at radius 1 is 1.24 bits per heavy atom. The van der Waals surface area contributed by atoms with E-state index in [-0.39, 0.29) is 10.5 Å². The first kappa shape index (κ1) is 15.8. The van der Waals surface area contributed by atoms with Gasteiger partial charge in [-0.3, -0.25) is 0 Å². The van der Waals surface area contributed by atoms with Gasteiger partial charge in [0.2, 0.25) is 0 Å². The van der Waals surface area contributed by atoms with Gasteiger partial charge in [-0.05, 0) is 24.6 Å². The third-order valence-corrected chi connectivity index (χ3v) is 11.0. The Kier molecular flexibility index (Phi) is 4.09. The normalized spacial score (nSPS) is 32.6. The monoisotopic (exact) mass is 296 g/mol. The molecule has 1 rings (SSSR count). The van der Waals surface area contributed by atoms with Gasteiger partial charge in [-0.2, -0.15) is 0 Å². The molecule has 0 aliphatic heterocycles. The van der Waals surface area contributed by atoms with Gasteiger partial charge in [-0.15, -0.1) is 23.2 Å². The second kappa shape index (κ2) is 4.40. The molecule has 1 aliphatic carbocycles. The average Bonchev–Trinajstić information content (AvgIpc) is 2.58. The van der Waals surface area contributed by atoms with E-state index in [0.29, 0.717) is 12.5 Å². The standard InChI is InChI=1S/C13H26Cl2OSi/c1-8-12(10(2)13(12,14)15)9-16-17(6,7)11(3,4)5/h10H,8-9H2,1-7H3/t10-,12-/m1/s1. The maximum Gasteiger partial charge on any atom is 0.192 e. The first-order valence-electron chi connectivity index (χ1n) is 6.44. The predicted molar refractivity (Wildman–Crippen MR) is 79.5 cm³/mol. The van der Waals surface area contributed by atoms with Crippen LogP contribution >= 0.6 is 23.2 Å². The maximum absolute atomic E-state index is 6.36. The van der Waals surface area contributed by atoms with E-state index in [1.807, 2.05) is 0 Å². The summed E-state index contributed by atoms with van der Waals surface area (Å²) in [5, 5.41) is 0.237. The molecule has 17 heavy (non-hydrogen) atoms. The molecule has 0 spiro atoms. The molecule has 1 aliphatic rings. The van der Waals surface area contributed by atoms with Crippen molar-refractivity contribution in [3.8, 4) is 0 Å². The molecular formula is C13H26Cl2OSi. The highest BCUT2D eigenvalue weighted by Gasteiger charge is 2.72. The molecule has 0 N–H and O–H groups in total. The molecule has 0 aromatic heterocycles. The topological polar surface area (TPSA) is 9.23 Å². The lowest BCUT2D eigenvalue weighted by Gasteiger charge is -2.37. The number of hydrogen-bond donors (Lipinski definition) is 0. The summed E-state index contributed by atoms with van der Waals surface area (Å²) in [6.45, 7) is 16.3. The summed E-state index contributed by atoms with van der Waals surface area (Å²) in [5.41, 5.74) is -0.0361. The lowest BCUT2D eigenvalue weighted by Crippen LogP contribution is -2.42. The first-order valence-corrected chi connectivity index (χ1v) is 10.1. The van der Waals surface area contributed by atoms with Crippen LogP contribution in [0.1, 0.15) is 41.0 Å². The summed E-state index contributed by atoms with van der Waals surface area (Å²) in [4.78, 5) is 0. The van der Waals surface area contributed by atoms with E-state index < -0.39 is 12.7 Å². The van der Waals surface area contributed by atoms with Crippen molar-refractivity contribution in [2.45, 2.75) is 63.5 Å². The van der Waals surface area contributed by atoms with Gasteiger partial charge < -0.3 is 4.43 Å². The molecule has 0 saturated heterocycles. The zero-order valence-electron chi connectivity index (χ0n) is 12.2. The number of halogens is 2. The van der Waals surface area contributed by atoms with Gasteiger partial charge in [0.15, 0.2) is 8.32 Å². The summed E-state index contributed by atoms with van der Waals surface area (Å²) in [7, 11) is -1.70. The minimum Gasteiger partial charge on any atom is -0.416 e. The van der Waals surface area contributed by atoms with E-state index in [0.717, 1.165) is 6.42 Å². The Morgan fingerprint density at radius 2 is 1.65 bits per heavy atom. The molecule has 1 fully saturated rings. The SMILES string of the molecule is CC[C@@]1(CO[Si](C)(C)C(C)(C)C)[C@@H](C)C1(Cl)Cl. The van der Waals surface area contributed by atoms with Gasteiger partial charge in [0, 0.05) is 17.9 Å². The van der Waals surface area contributed by atoms with Crippen molar-refractivity contribution in [1.82, 2.24) is 0 Å². The largest absolute Gasteiger partial charge is 0.416 e. The third kappa shape index (κ3) is 2.43. The van der Waals surface area contributed by atoms with E-state index in [2.05, 4.69) is 47.7 Å². The van der Waals surface area contributed by atoms with E-state index in [9.17, 15) is 0 Å². The van der Waals surface area contributed by atoms with Crippen molar-refractivity contribution >= 4 is 31.5 Å². The molecule has 0 aromatic rings. The molecule has 4 heteroatoms. The highest BCUT2D eigenvalue weighted by atomic mass is 35.5. The molecule has 0 aromatic carbocycles. The van der Waals surface area contributed by atoms with Gasteiger partial charge in [0.25, 0.3) is 0 Å². The highest BCUT2D eigenvalue weighted by molar-refractivity contribution is 6.74. The second-order valence-corrected chi connectivity index (χ2v) is 13.1. The molecule has 1 saturated carbocycles. The smallest absolute Gasteiger partial charge is 0.192 e. The van der Waals surface area contributed by atoms with Crippen LogP contribution in [0.15, 0.2) is 0 Å². The molecule has 0 amide bonds. The molecule has 0 heterocycles. The Hall–Kier alpha value is 0.757. The van der Waals surface area contributed by atoms with Crippen LogP contribution in [0, 0.1) is 11.3 Å². The predicted octanol–water partition coefficient (Wildman–Crippen LogP) is 5.23. The van der Waals surface area contributed by atoms with E-state index >= 15 is 0 Å². The van der Waals surface area contributed by atoms with Crippen molar-refractivity contribution in [2.75, 3.05) is 6.61 Å². The zero-order chi connectivity index (χ0) is 13.7. The van der Waals surface area contributed by atoms with Crippen LogP contribution < -0.4 is 0 Å². The molecule has 1 nitrogen and oxygen atoms in total. The van der Waals surface area contributed by atoms with Crippen LogP contribution in [0.3, 0.4) is 0 Å². The Balaban J connectivity index is 2.70. The quantitative estimate of drug-likeness (QED) is 0.510. The minimum atomic E-state index is -1.70. The fourth-order valence-electron chi connectivity index (χ4n) is 2.10. The fourth-order valence-corrected chi connectivity index (χ4v) is 4.16. The molecule has 2 atom stereocenters. The number of hydrogen-bond acceptors (Lipinski definition) is 1. The Morgan fingerprint density at radius 3 is 1.88 bits per heavy atom. The van der Waals surface area contributed by atoms with Crippen molar-refractivity contribution in [3.05, 3.63) is 0 Å². The highest BCUT2D eigenvalue weighted by Crippen LogP contribution is 2.70. The third-order valence-electron chi connectivity index (χ3n) is 5.08. The lowest BCUT2D eigenvalue weighted by molar-refractivity contribution is 0.198. The van der Waals surface area contributed by atoms with Crippen LogP contribution in [0.2, 0.25) is 18.1 Å². The lowest BCUT2D eigenvalue weighted by atomic mass is 10.0. The van der Waals surface area contributed by atoms with Crippen LogP contribution in [-0.2, 0) is 4.43 Å². The minimum absolute atomic E-state index is 0.0361. The van der Waals surface area contributed by atoms with Gasteiger partial charge in [0.1, 0.15) is 4.33 Å². The van der Waals surface area contributed by atoms with Gasteiger partial charge in [-0.1, -0.05) is 34.6 Å². The van der Waals surface area contributed by atoms with Gasteiger partial charge in [-0.25, -0.2) is 0 Å². The van der Waals surface area contributed by atoms with Crippen LogP contribution in [-0.4, -0.2) is 19.3 Å². The fraction of sp³-hybridized carbons (Fsp3) is 1.00. The van der Waals surface area contributed by atoms with Crippen molar-refractivity contribution in [1.29, 1.82) is 0 Å². The van der Waals surface area contributed by atoms with E-state index in [1.165, 1.54) is 0 Å². The van der Waals surface area contributed by atoms with E-state index in [1.54, 1.807) is 0 Å². The Labute approximate surface area is 117 Å². The number of alkyl halides is 2. The van der Waals surface area contributed by atoms with Crippen LogP contribution in [0.5, 0.6) is 0 Å². The number of rotatable bonds is 4. The molecule has 0 unspecified atom stereocenters. The van der Waals surface area contributed by atoms with Crippen molar-refractivity contribution in [2.24, 2.45) is 11.3 Å². The van der Waals surface area contributed by atoms with Gasteiger partial charge in [0.05, 0.1) is 0 Å². The molecule has 0 radical (unpaired) electrons. The average molecular weight is 297 g/mol. The summed E-state index contributed by atoms with van der Waals surface area (Å²) in [6.07, 6.45) is 0.982. The summed E-state index contributed by atoms with van der Waals surface area (Å²) >= 11 is 12.7. The Bertz CT molecular complexity index is 296. The maximum atomic E-state index is 6.36. The zero-order valence-corrected chi connectivity index (χ0v) is 14.7. The molecular weight excluding hydrogens is 271 g/mol. The first-order chi connectivity index (χ1) is 7.42. The van der Waals surface area contributed by atoms with Crippen molar-refractivity contribution < 1.29 is 4.43 Å². The summed E-state index contributed by atoms with van der Waals surface area (Å²) < 4.78 is 5.69. The molecule has 102 valence electrons. The van der Waals surface area contributed by atoms with Crippen LogP contribution in [0.25, 0.3) is 0 Å². The molecule has 0 bridgehead atoms. The van der Waals surface area contributed by atoms with E-state index in [4.69, 9.17) is 27.6 Å². The summed E-state index contributed by atoms with van der Waals surface area (Å²) in [6, 6.07) is 0. The van der Waals surface area contributed by atoms with Gasteiger partial charge >= 0.3 is 0 Å². The summed E-state index contributed by atoms with van der Waals surface area (Å²) in [5.74, 6) is 0.327.